The molecule has 0 amide bonds. The van der Waals surface area contributed by atoms with Gasteiger partial charge in [0.25, 0.3) is 0 Å². The van der Waals surface area contributed by atoms with Crippen molar-refractivity contribution in [2.24, 2.45) is 0 Å². The monoisotopic (exact) mass is 168 g/mol. The molecule has 0 aliphatic carbocycles. The molecule has 0 heterocycles. The Labute approximate surface area is 88.0 Å². The Balaban J connectivity index is 0. The van der Waals surface area contributed by atoms with E-state index in [-0.39, 0.29) is 51.4 Å². The molecule has 0 unspecified atom stereocenters. The number of hydrogen-bond acceptors (Lipinski definition) is 6. The van der Waals surface area contributed by atoms with Gasteiger partial charge in [-0.2, -0.15) is 0 Å². The van der Waals surface area contributed by atoms with Gasteiger partial charge in [0.05, 0.1) is 0 Å². The summed E-state index contributed by atoms with van der Waals surface area (Å²) in [4.78, 5) is 0. The first-order valence-electron chi connectivity index (χ1n) is 1.02. The van der Waals surface area contributed by atoms with Crippen LogP contribution in [0.3, 0.4) is 0 Å². The standard InChI is InChI=1S/K.H2O6S/c;1-5-6-7(2,3)4/h;1H,(H,2,3,4)/q+1;/p-1. The van der Waals surface area contributed by atoms with Crippen molar-refractivity contribution >= 4 is 10.4 Å². The molecular weight excluding hydrogens is 167 g/mol. The van der Waals surface area contributed by atoms with Gasteiger partial charge in [0.2, 0.25) is 10.4 Å². The molecule has 0 fully saturated rings. The van der Waals surface area contributed by atoms with Crippen LogP contribution < -0.4 is 51.4 Å². The molecule has 0 saturated carbocycles. The summed E-state index contributed by atoms with van der Waals surface area (Å²) in [5.74, 6) is 0. The molecule has 0 saturated heterocycles. The molecule has 0 aliphatic rings. The molecule has 0 aromatic rings. The first-order valence-corrected chi connectivity index (χ1v) is 2.35. The van der Waals surface area contributed by atoms with Gasteiger partial charge in [-0.15, -0.1) is 0 Å². The maximum Gasteiger partial charge on any atom is 1.00 e. The van der Waals surface area contributed by atoms with Crippen molar-refractivity contribution in [3.05, 3.63) is 0 Å². The summed E-state index contributed by atoms with van der Waals surface area (Å²) >= 11 is 0. The zero-order valence-electron chi connectivity index (χ0n) is 3.90. The Hall–Kier alpha value is 1.43. The maximum absolute atomic E-state index is 9.17. The Bertz CT molecular complexity index is 121. The first kappa shape index (κ1) is 12.1. The van der Waals surface area contributed by atoms with Crippen LogP contribution in [0.5, 0.6) is 0 Å². The molecule has 0 aromatic carbocycles. The van der Waals surface area contributed by atoms with Gasteiger partial charge in [-0.25, -0.2) is 13.7 Å². The van der Waals surface area contributed by atoms with Crippen molar-refractivity contribution in [1.82, 2.24) is 0 Å². The van der Waals surface area contributed by atoms with Gasteiger partial charge < -0.3 is 4.55 Å². The number of hydrogen-bond donors (Lipinski definition) is 1. The van der Waals surface area contributed by atoms with Gasteiger partial charge in [0.1, 0.15) is 0 Å². The van der Waals surface area contributed by atoms with Gasteiger partial charge in [-0.1, -0.05) is 9.37 Å². The van der Waals surface area contributed by atoms with Crippen LogP contribution in [-0.4, -0.2) is 18.2 Å². The topological polar surface area (TPSA) is 95.9 Å². The minimum atomic E-state index is -4.90. The van der Waals surface area contributed by atoms with Gasteiger partial charge in [0, 0.05) is 0 Å². The van der Waals surface area contributed by atoms with E-state index in [9.17, 15) is 0 Å². The van der Waals surface area contributed by atoms with Crippen LogP contribution in [0.4, 0.5) is 0 Å². The predicted octanol–water partition coefficient (Wildman–Crippen LogP) is -4.13. The summed E-state index contributed by atoms with van der Waals surface area (Å²) in [6.07, 6.45) is 0. The SMILES string of the molecule is O=S(=O)([O-])OOO.[K+]. The summed E-state index contributed by atoms with van der Waals surface area (Å²) in [6, 6.07) is 0. The zero-order valence-corrected chi connectivity index (χ0v) is 7.84. The molecule has 0 radical (unpaired) electrons. The van der Waals surface area contributed by atoms with Crippen LogP contribution >= 0.6 is 0 Å². The summed E-state index contributed by atoms with van der Waals surface area (Å²) < 4.78 is 30.2. The molecule has 8 heavy (non-hydrogen) atoms. The molecular formula is HKO6S. The second-order valence-corrected chi connectivity index (χ2v) is 1.50. The third-order valence-corrected chi connectivity index (χ3v) is 0.341. The van der Waals surface area contributed by atoms with E-state index in [1.54, 1.807) is 0 Å². The van der Waals surface area contributed by atoms with Crippen LogP contribution in [0.1, 0.15) is 0 Å². The molecule has 44 valence electrons. The van der Waals surface area contributed by atoms with E-state index in [4.69, 9.17) is 18.2 Å². The molecule has 6 nitrogen and oxygen atoms in total. The van der Waals surface area contributed by atoms with Crippen molar-refractivity contribution in [3.8, 4) is 0 Å². The van der Waals surface area contributed by atoms with E-state index in [1.165, 1.54) is 0 Å². The number of rotatable bonds is 2. The second kappa shape index (κ2) is 5.23. The molecule has 8 heteroatoms. The summed E-state index contributed by atoms with van der Waals surface area (Å²) in [5.41, 5.74) is 0. The minimum absolute atomic E-state index is 0. The second-order valence-electron chi connectivity index (χ2n) is 0.551. The Morgan fingerprint density at radius 3 is 1.88 bits per heavy atom. The fourth-order valence-corrected chi connectivity index (χ4v) is 0.112. The van der Waals surface area contributed by atoms with E-state index in [0.717, 1.165) is 0 Å². The third-order valence-electron chi connectivity index (χ3n) is 0.114. The zero-order chi connectivity index (χ0) is 5.91. The normalized spacial score (nSPS) is 10.2. The first-order chi connectivity index (χ1) is 3.06. The molecule has 0 spiro atoms. The molecule has 0 aliphatic heterocycles. The minimum Gasteiger partial charge on any atom is -0.724 e. The Morgan fingerprint density at radius 2 is 1.88 bits per heavy atom. The summed E-state index contributed by atoms with van der Waals surface area (Å²) in [5, 5.41) is 9.61. The molecule has 0 atom stereocenters. The molecule has 1 N–H and O–H groups in total. The molecule has 0 aromatic heterocycles. The van der Waals surface area contributed by atoms with Gasteiger partial charge in [0.15, 0.2) is 0 Å². The fraction of sp³-hybridized carbons (Fsp3) is 0. The van der Waals surface area contributed by atoms with Crippen LogP contribution in [0, 0.1) is 0 Å². The van der Waals surface area contributed by atoms with Crippen molar-refractivity contribution in [2.45, 2.75) is 0 Å². The van der Waals surface area contributed by atoms with Crippen molar-refractivity contribution < 1.29 is 79.0 Å². The van der Waals surface area contributed by atoms with E-state index in [1.807, 2.05) is 0 Å². The van der Waals surface area contributed by atoms with Crippen molar-refractivity contribution in [2.75, 3.05) is 0 Å². The van der Waals surface area contributed by atoms with E-state index >= 15 is 0 Å². The molecule has 0 rings (SSSR count). The van der Waals surface area contributed by atoms with Gasteiger partial charge in [-0.3, -0.25) is 0 Å². The largest absolute Gasteiger partial charge is 1.00 e. The van der Waals surface area contributed by atoms with Crippen molar-refractivity contribution in [3.63, 3.8) is 0 Å². The van der Waals surface area contributed by atoms with Gasteiger partial charge >= 0.3 is 51.4 Å². The van der Waals surface area contributed by atoms with Crippen LogP contribution in [0.15, 0.2) is 0 Å². The smallest absolute Gasteiger partial charge is 0.724 e. The third kappa shape index (κ3) is 10.4. The van der Waals surface area contributed by atoms with Gasteiger partial charge in [-0.05, 0) is 0 Å². The Morgan fingerprint density at radius 1 is 1.50 bits per heavy atom. The van der Waals surface area contributed by atoms with Crippen LogP contribution in [-0.2, 0) is 19.8 Å². The predicted molar refractivity (Wildman–Crippen MR) is 14.5 cm³/mol. The quantitative estimate of drug-likeness (QED) is 0.148. The van der Waals surface area contributed by atoms with Crippen LogP contribution in [0.25, 0.3) is 0 Å². The van der Waals surface area contributed by atoms with Crippen molar-refractivity contribution in [1.29, 1.82) is 0 Å². The fourth-order valence-electron chi connectivity index (χ4n) is 0.0373. The van der Waals surface area contributed by atoms with E-state index in [2.05, 4.69) is 9.37 Å². The summed E-state index contributed by atoms with van der Waals surface area (Å²) in [6.45, 7) is 0. The van der Waals surface area contributed by atoms with E-state index in [0.29, 0.717) is 0 Å². The summed E-state index contributed by atoms with van der Waals surface area (Å²) in [7, 11) is -4.90. The van der Waals surface area contributed by atoms with E-state index < -0.39 is 10.4 Å². The Kier molecular flexibility index (Phi) is 7.93. The average Bonchev–Trinajstić information content (AvgIpc) is 1.30. The molecule has 0 bridgehead atoms. The maximum atomic E-state index is 9.17. The average molecular weight is 168 g/mol. The van der Waals surface area contributed by atoms with Crippen LogP contribution in [0.2, 0.25) is 0 Å².